The Morgan fingerprint density at radius 3 is 1.39 bits per heavy atom. The summed E-state index contributed by atoms with van der Waals surface area (Å²) in [6, 6.07) is 0.344. The summed E-state index contributed by atoms with van der Waals surface area (Å²) in [5.74, 6) is 0.895. The molecule has 0 heterocycles. The van der Waals surface area contributed by atoms with E-state index in [2.05, 4.69) is 51.6 Å². The Morgan fingerprint density at radius 2 is 0.895 bits per heavy atom. The van der Waals surface area contributed by atoms with Crippen LogP contribution in [0.3, 0.4) is 0 Å². The third kappa shape index (κ3) is 38.6. The van der Waals surface area contributed by atoms with Gasteiger partial charge in [-0.3, -0.25) is 4.79 Å². The van der Waals surface area contributed by atoms with Gasteiger partial charge in [-0.1, -0.05) is 214 Å². The van der Waals surface area contributed by atoms with Crippen molar-refractivity contribution >= 4 is 11.9 Å². The first kappa shape index (κ1) is 55.6. The van der Waals surface area contributed by atoms with Gasteiger partial charge < -0.3 is 14.5 Å². The molecule has 1 amide bonds. The molecule has 0 aliphatic heterocycles. The van der Waals surface area contributed by atoms with Crippen LogP contribution in [0.4, 0.5) is 0 Å². The topological polar surface area (TPSA) is 49.9 Å². The number of carbonyl (C=O) groups excluding carboxylic acids is 2. The number of nitrogens with zero attached hydrogens (tertiary/aromatic N) is 2. The summed E-state index contributed by atoms with van der Waals surface area (Å²) in [6.07, 6.45) is 49.6. The zero-order valence-electron chi connectivity index (χ0n) is 39.7. The molecule has 338 valence electrons. The van der Waals surface area contributed by atoms with E-state index in [1.165, 1.54) is 173 Å². The van der Waals surface area contributed by atoms with E-state index in [-0.39, 0.29) is 5.97 Å². The van der Waals surface area contributed by atoms with Gasteiger partial charge >= 0.3 is 5.97 Å². The van der Waals surface area contributed by atoms with Crippen LogP contribution in [-0.2, 0) is 14.3 Å². The van der Waals surface area contributed by atoms with Gasteiger partial charge in [-0.15, -0.1) is 0 Å². The minimum atomic E-state index is -0.177. The number of ether oxygens (including phenoxy) is 1. The molecule has 5 heteroatoms. The number of hydrogen-bond acceptors (Lipinski definition) is 4. The molecule has 0 saturated carbocycles. The molecule has 0 saturated heterocycles. The minimum Gasteiger partial charge on any atom is -0.463 e. The number of rotatable bonds is 45. The highest BCUT2D eigenvalue weighted by Gasteiger charge is 2.22. The van der Waals surface area contributed by atoms with E-state index in [4.69, 9.17) is 4.74 Å². The average molecular weight is 803 g/mol. The van der Waals surface area contributed by atoms with Crippen molar-refractivity contribution in [2.24, 2.45) is 5.92 Å². The number of amides is 1. The zero-order valence-corrected chi connectivity index (χ0v) is 39.7. The van der Waals surface area contributed by atoms with Crippen LogP contribution in [0.25, 0.3) is 0 Å². The highest BCUT2D eigenvalue weighted by Crippen LogP contribution is 2.23. The predicted octanol–water partition coefficient (Wildman–Crippen LogP) is 16.0. The lowest BCUT2D eigenvalue weighted by molar-refractivity contribution is -0.138. The van der Waals surface area contributed by atoms with Gasteiger partial charge in [-0.25, -0.2) is 4.79 Å². The molecule has 0 aliphatic carbocycles. The van der Waals surface area contributed by atoms with Crippen molar-refractivity contribution < 1.29 is 14.3 Å². The fraction of sp³-hybridized carbons (Fsp3) is 0.923. The first-order valence-corrected chi connectivity index (χ1v) is 25.7. The van der Waals surface area contributed by atoms with E-state index in [1.54, 1.807) is 6.08 Å². The molecule has 0 N–H and O–H groups in total. The van der Waals surface area contributed by atoms with Gasteiger partial charge in [0.2, 0.25) is 5.91 Å². The molecule has 5 nitrogen and oxygen atoms in total. The van der Waals surface area contributed by atoms with Crippen molar-refractivity contribution in [1.29, 1.82) is 0 Å². The van der Waals surface area contributed by atoms with Gasteiger partial charge in [0.15, 0.2) is 0 Å². The standard InChI is InChI=1S/C52H102N2O3/c1-7-11-15-19-21-23-27-33-41-50(54(51(55)43-36-38-46-53(5)6)47-37-30-24-22-20-16-12-8-2)42-34-28-29-35-44-52(56)57-48-45-49(39-31-25-17-13-9-3)40-32-26-18-14-10-4/h35,44,49-50H,7-34,36-43,45-48H2,1-6H3. The third-order valence-electron chi connectivity index (χ3n) is 12.3. The van der Waals surface area contributed by atoms with Crippen molar-refractivity contribution in [3.05, 3.63) is 12.2 Å². The molecule has 57 heavy (non-hydrogen) atoms. The van der Waals surface area contributed by atoms with Gasteiger partial charge in [-0.2, -0.15) is 0 Å². The Balaban J connectivity index is 5.12. The summed E-state index contributed by atoms with van der Waals surface area (Å²) in [5, 5.41) is 0. The van der Waals surface area contributed by atoms with Crippen LogP contribution in [0, 0.1) is 5.92 Å². The second-order valence-corrected chi connectivity index (χ2v) is 18.2. The Labute approximate surface area is 358 Å². The second kappa shape index (κ2) is 44.2. The molecule has 0 fully saturated rings. The van der Waals surface area contributed by atoms with Gasteiger partial charge in [-0.05, 0) is 77.9 Å². The van der Waals surface area contributed by atoms with Crippen molar-refractivity contribution in [3.63, 3.8) is 0 Å². The monoisotopic (exact) mass is 803 g/mol. The average Bonchev–Trinajstić information content (AvgIpc) is 3.20. The lowest BCUT2D eigenvalue weighted by Crippen LogP contribution is -2.41. The number of hydrogen-bond donors (Lipinski definition) is 0. The predicted molar refractivity (Wildman–Crippen MR) is 251 cm³/mol. The van der Waals surface area contributed by atoms with E-state index < -0.39 is 0 Å². The highest BCUT2D eigenvalue weighted by atomic mass is 16.5. The Bertz CT molecular complexity index is 859. The van der Waals surface area contributed by atoms with Crippen LogP contribution in [0.5, 0.6) is 0 Å². The van der Waals surface area contributed by atoms with E-state index in [9.17, 15) is 9.59 Å². The molecule has 1 atom stereocenters. The quantitative estimate of drug-likeness (QED) is 0.0350. The first-order valence-electron chi connectivity index (χ1n) is 25.7. The number of unbranched alkanes of at least 4 members (excludes halogenated alkanes) is 25. The van der Waals surface area contributed by atoms with Crippen molar-refractivity contribution in [3.8, 4) is 0 Å². The molecule has 0 rings (SSSR count). The minimum absolute atomic E-state index is 0.177. The molecular weight excluding hydrogens is 701 g/mol. The Hall–Kier alpha value is -1.36. The highest BCUT2D eigenvalue weighted by molar-refractivity contribution is 5.81. The number of allylic oxidation sites excluding steroid dienone is 1. The molecule has 1 unspecified atom stereocenters. The number of carbonyl (C=O) groups is 2. The zero-order chi connectivity index (χ0) is 41.9. The number of esters is 1. The summed E-state index contributed by atoms with van der Waals surface area (Å²) in [4.78, 5) is 31.1. The second-order valence-electron chi connectivity index (χ2n) is 18.2. The summed E-state index contributed by atoms with van der Waals surface area (Å²) < 4.78 is 5.72. The fourth-order valence-electron chi connectivity index (χ4n) is 8.45. The van der Waals surface area contributed by atoms with E-state index in [0.717, 1.165) is 70.9 Å². The van der Waals surface area contributed by atoms with Crippen LogP contribution < -0.4 is 0 Å². The lowest BCUT2D eigenvalue weighted by Gasteiger charge is -2.33. The van der Waals surface area contributed by atoms with Crippen LogP contribution in [0.15, 0.2) is 12.2 Å². The molecule has 0 aromatic carbocycles. The van der Waals surface area contributed by atoms with Crippen LogP contribution in [-0.4, -0.2) is 61.5 Å². The molecule has 0 aromatic rings. The maximum Gasteiger partial charge on any atom is 0.330 e. The van der Waals surface area contributed by atoms with Crippen molar-refractivity contribution in [1.82, 2.24) is 9.80 Å². The largest absolute Gasteiger partial charge is 0.463 e. The van der Waals surface area contributed by atoms with Crippen LogP contribution >= 0.6 is 0 Å². The smallest absolute Gasteiger partial charge is 0.330 e. The fourth-order valence-corrected chi connectivity index (χ4v) is 8.45. The Kier molecular flexibility index (Phi) is 43.1. The van der Waals surface area contributed by atoms with Crippen molar-refractivity contribution in [2.75, 3.05) is 33.8 Å². The SMILES string of the molecule is CCCCCCCCCCC(CCCCC=CC(=O)OCCC(CCCCCCC)CCCCCCC)N(CCCCCCCCCC)C(=O)CCCCN(C)C. The normalized spacial score (nSPS) is 12.4. The molecular formula is C52H102N2O3. The first-order chi connectivity index (χ1) is 27.9. The van der Waals surface area contributed by atoms with E-state index in [0.29, 0.717) is 30.9 Å². The van der Waals surface area contributed by atoms with E-state index >= 15 is 0 Å². The maximum absolute atomic E-state index is 13.9. The van der Waals surface area contributed by atoms with Crippen LogP contribution in [0.1, 0.15) is 265 Å². The lowest BCUT2D eigenvalue weighted by atomic mass is 9.92. The van der Waals surface area contributed by atoms with Crippen LogP contribution in [0.2, 0.25) is 0 Å². The molecule has 0 bridgehead atoms. The summed E-state index contributed by atoms with van der Waals surface area (Å²) in [5.41, 5.74) is 0. The molecule has 0 aliphatic rings. The van der Waals surface area contributed by atoms with Gasteiger partial charge in [0, 0.05) is 25.1 Å². The Morgan fingerprint density at radius 1 is 0.474 bits per heavy atom. The summed E-state index contributed by atoms with van der Waals surface area (Å²) in [6.45, 7) is 11.7. The van der Waals surface area contributed by atoms with Crippen molar-refractivity contribution in [2.45, 2.75) is 271 Å². The maximum atomic E-state index is 13.9. The molecule has 0 aromatic heterocycles. The van der Waals surface area contributed by atoms with Gasteiger partial charge in [0.05, 0.1) is 6.61 Å². The van der Waals surface area contributed by atoms with Gasteiger partial charge in [0.25, 0.3) is 0 Å². The summed E-state index contributed by atoms with van der Waals surface area (Å²) >= 11 is 0. The summed E-state index contributed by atoms with van der Waals surface area (Å²) in [7, 11) is 4.25. The molecule has 0 radical (unpaired) electrons. The third-order valence-corrected chi connectivity index (χ3v) is 12.3. The van der Waals surface area contributed by atoms with Gasteiger partial charge in [0.1, 0.15) is 0 Å². The van der Waals surface area contributed by atoms with E-state index in [1.807, 2.05) is 6.08 Å². The molecule has 0 spiro atoms.